The lowest BCUT2D eigenvalue weighted by atomic mass is 10.0. The van der Waals surface area contributed by atoms with Crippen LogP contribution in [0.25, 0.3) is 28.5 Å². The number of nitrogens with one attached hydrogen (secondary N) is 1. The number of unbranched alkanes of at least 4 members (excludes halogenated alkanes) is 1. The number of tetrazole rings is 1. The van der Waals surface area contributed by atoms with E-state index in [4.69, 9.17) is 4.98 Å². The van der Waals surface area contributed by atoms with Gasteiger partial charge in [0.05, 0.1) is 17.8 Å². The zero-order valence-corrected chi connectivity index (χ0v) is 21.7. The van der Waals surface area contributed by atoms with E-state index in [1.54, 1.807) is 21.4 Å². The topological polar surface area (TPSA) is 116 Å². The van der Waals surface area contributed by atoms with Crippen LogP contribution < -0.4 is 5.69 Å². The molecule has 0 amide bonds. The summed E-state index contributed by atoms with van der Waals surface area (Å²) in [4.78, 5) is 30.2. The Morgan fingerprint density at radius 1 is 1.08 bits per heavy atom. The van der Waals surface area contributed by atoms with Crippen molar-refractivity contribution in [2.75, 3.05) is 0 Å². The van der Waals surface area contributed by atoms with Crippen molar-refractivity contribution in [3.05, 3.63) is 88.4 Å². The molecule has 0 fully saturated rings. The van der Waals surface area contributed by atoms with Crippen molar-refractivity contribution in [2.24, 2.45) is 0 Å². The predicted molar refractivity (Wildman–Crippen MR) is 144 cm³/mol. The van der Waals surface area contributed by atoms with E-state index in [0.29, 0.717) is 23.8 Å². The summed E-state index contributed by atoms with van der Waals surface area (Å²) >= 11 is 0. The van der Waals surface area contributed by atoms with Crippen molar-refractivity contribution in [1.82, 2.24) is 39.3 Å². The molecule has 0 aliphatic carbocycles. The molecule has 0 unspecified atom stereocenters. The standard InChI is InChI=1S/C28H30N8O2/c1-4-5-8-22-17-36(27-21(18-37)13-14-34(27)19(2)3)28(38)35(22)16-20-11-12-25(29-15-20)23-9-6-7-10-24(23)26-30-32-33-31-26/h6-7,9-15,17-19H,4-5,8,16H2,1-3H3,(H,30,31,32,33). The van der Waals surface area contributed by atoms with Crippen LogP contribution >= 0.6 is 0 Å². The number of H-pyrrole nitrogens is 1. The number of rotatable bonds is 10. The minimum absolute atomic E-state index is 0.0976. The van der Waals surface area contributed by atoms with Gasteiger partial charge in [-0.2, -0.15) is 0 Å². The highest BCUT2D eigenvalue weighted by atomic mass is 16.2. The van der Waals surface area contributed by atoms with Crippen LogP contribution in [0.4, 0.5) is 0 Å². The molecule has 0 spiro atoms. The molecule has 0 saturated carbocycles. The van der Waals surface area contributed by atoms with Crippen LogP contribution in [0.2, 0.25) is 0 Å². The van der Waals surface area contributed by atoms with Gasteiger partial charge in [0.25, 0.3) is 0 Å². The van der Waals surface area contributed by atoms with Gasteiger partial charge in [0, 0.05) is 41.5 Å². The maximum Gasteiger partial charge on any atom is 0.334 e. The molecule has 0 aliphatic heterocycles. The number of pyridine rings is 1. The molecule has 0 bridgehead atoms. The zero-order chi connectivity index (χ0) is 26.6. The first kappa shape index (κ1) is 25.1. The summed E-state index contributed by atoms with van der Waals surface area (Å²) in [5.74, 6) is 1.17. The van der Waals surface area contributed by atoms with Gasteiger partial charge in [0.15, 0.2) is 12.1 Å². The molecule has 4 heterocycles. The number of imidazole rings is 1. The average molecular weight is 511 g/mol. The Hall–Kier alpha value is -4.60. The van der Waals surface area contributed by atoms with Gasteiger partial charge in [0.1, 0.15) is 5.82 Å². The van der Waals surface area contributed by atoms with Crippen LogP contribution in [0.5, 0.6) is 0 Å². The van der Waals surface area contributed by atoms with Crippen molar-refractivity contribution < 1.29 is 4.79 Å². The molecule has 5 aromatic rings. The second kappa shape index (κ2) is 10.8. The monoisotopic (exact) mass is 510 g/mol. The van der Waals surface area contributed by atoms with Gasteiger partial charge >= 0.3 is 5.69 Å². The number of aldehydes is 1. The van der Waals surface area contributed by atoms with Gasteiger partial charge in [-0.25, -0.2) is 9.89 Å². The summed E-state index contributed by atoms with van der Waals surface area (Å²) in [6.07, 6.45) is 9.07. The lowest BCUT2D eigenvalue weighted by Crippen LogP contribution is -2.27. The molecule has 10 heteroatoms. The van der Waals surface area contributed by atoms with Crippen LogP contribution in [0, 0.1) is 0 Å². The molecule has 5 rings (SSSR count). The largest absolute Gasteiger partial charge is 0.334 e. The minimum Gasteiger partial charge on any atom is -0.331 e. The van der Waals surface area contributed by atoms with E-state index in [0.717, 1.165) is 53.6 Å². The molecule has 0 aliphatic rings. The number of benzene rings is 1. The Morgan fingerprint density at radius 3 is 2.55 bits per heavy atom. The first-order chi connectivity index (χ1) is 18.5. The third-order valence-electron chi connectivity index (χ3n) is 6.65. The maximum absolute atomic E-state index is 13.7. The Kier molecular flexibility index (Phi) is 7.12. The van der Waals surface area contributed by atoms with Gasteiger partial charge < -0.3 is 4.57 Å². The van der Waals surface area contributed by atoms with Gasteiger partial charge in [-0.3, -0.25) is 18.9 Å². The minimum atomic E-state index is -0.174. The number of hydrogen-bond acceptors (Lipinski definition) is 6. The summed E-state index contributed by atoms with van der Waals surface area (Å²) in [6.45, 7) is 6.57. The van der Waals surface area contributed by atoms with E-state index in [2.05, 4.69) is 27.5 Å². The summed E-state index contributed by atoms with van der Waals surface area (Å²) in [7, 11) is 0. The van der Waals surface area contributed by atoms with Crippen LogP contribution in [0.3, 0.4) is 0 Å². The van der Waals surface area contributed by atoms with Crippen molar-refractivity contribution in [2.45, 2.75) is 52.6 Å². The molecule has 0 atom stereocenters. The van der Waals surface area contributed by atoms with Gasteiger partial charge in [-0.1, -0.05) is 43.7 Å². The van der Waals surface area contributed by atoms with E-state index < -0.39 is 0 Å². The lowest BCUT2D eigenvalue weighted by molar-refractivity contribution is 0.112. The Morgan fingerprint density at radius 2 is 1.89 bits per heavy atom. The average Bonchev–Trinajstić information content (AvgIpc) is 3.68. The quantitative estimate of drug-likeness (QED) is 0.277. The third kappa shape index (κ3) is 4.72. The molecule has 10 nitrogen and oxygen atoms in total. The first-order valence-electron chi connectivity index (χ1n) is 12.8. The maximum atomic E-state index is 13.7. The Balaban J connectivity index is 1.51. The highest BCUT2D eigenvalue weighted by molar-refractivity contribution is 5.80. The number of aromatic nitrogens is 8. The summed E-state index contributed by atoms with van der Waals surface area (Å²) in [6, 6.07) is 13.6. The summed E-state index contributed by atoms with van der Waals surface area (Å²) < 4.78 is 5.35. The predicted octanol–water partition coefficient (Wildman–Crippen LogP) is 4.47. The molecule has 4 aromatic heterocycles. The van der Waals surface area contributed by atoms with Gasteiger partial charge in [-0.05, 0) is 54.8 Å². The van der Waals surface area contributed by atoms with E-state index in [-0.39, 0.29) is 11.7 Å². The normalized spacial score (nSPS) is 11.4. The number of carbonyl (C=O) groups is 1. The molecule has 194 valence electrons. The third-order valence-corrected chi connectivity index (χ3v) is 6.65. The van der Waals surface area contributed by atoms with E-state index in [1.165, 1.54) is 0 Å². The van der Waals surface area contributed by atoms with Gasteiger partial charge in [-0.15, -0.1) is 5.10 Å². The van der Waals surface area contributed by atoms with E-state index >= 15 is 0 Å². The number of aryl methyl sites for hydroxylation is 1. The number of hydrogen-bond donors (Lipinski definition) is 1. The highest BCUT2D eigenvalue weighted by Gasteiger charge is 2.20. The molecule has 0 saturated heterocycles. The highest BCUT2D eigenvalue weighted by Crippen LogP contribution is 2.28. The molecule has 0 radical (unpaired) electrons. The second-order valence-corrected chi connectivity index (χ2v) is 9.52. The summed E-state index contributed by atoms with van der Waals surface area (Å²) in [5, 5.41) is 14.2. The fourth-order valence-corrected chi connectivity index (χ4v) is 4.68. The first-order valence-corrected chi connectivity index (χ1v) is 12.8. The lowest BCUT2D eigenvalue weighted by Gasteiger charge is -2.13. The second-order valence-electron chi connectivity index (χ2n) is 9.52. The van der Waals surface area contributed by atoms with E-state index in [1.807, 2.05) is 67.2 Å². The van der Waals surface area contributed by atoms with Crippen molar-refractivity contribution in [3.63, 3.8) is 0 Å². The van der Waals surface area contributed by atoms with Crippen molar-refractivity contribution >= 4 is 6.29 Å². The fraction of sp³-hybridized carbons (Fsp3) is 0.286. The molecular formula is C28H30N8O2. The molecule has 1 aromatic carbocycles. The van der Waals surface area contributed by atoms with Crippen molar-refractivity contribution in [1.29, 1.82) is 0 Å². The molecule has 1 N–H and O–H groups in total. The number of nitrogens with zero attached hydrogens (tertiary/aromatic N) is 7. The van der Waals surface area contributed by atoms with Crippen LogP contribution in [0.1, 0.15) is 61.3 Å². The Bertz CT molecular complexity index is 1590. The summed E-state index contributed by atoms with van der Waals surface area (Å²) in [5.41, 5.74) is 4.69. The smallest absolute Gasteiger partial charge is 0.331 e. The van der Waals surface area contributed by atoms with Crippen LogP contribution in [-0.4, -0.2) is 45.6 Å². The number of carbonyl (C=O) groups excluding carboxylic acids is 1. The van der Waals surface area contributed by atoms with Crippen LogP contribution in [0.15, 0.2) is 65.8 Å². The van der Waals surface area contributed by atoms with Crippen molar-refractivity contribution in [3.8, 4) is 28.5 Å². The number of aromatic amines is 1. The van der Waals surface area contributed by atoms with Gasteiger partial charge in [0.2, 0.25) is 0 Å². The SMILES string of the molecule is CCCCc1cn(-c2c(C=O)ccn2C(C)C)c(=O)n1Cc1ccc(-c2ccccc2-c2nnn[nH]2)nc1. The molecular weight excluding hydrogens is 480 g/mol. The van der Waals surface area contributed by atoms with Crippen LogP contribution in [-0.2, 0) is 13.0 Å². The Labute approximate surface area is 220 Å². The molecule has 38 heavy (non-hydrogen) atoms. The fourth-order valence-electron chi connectivity index (χ4n) is 4.68. The zero-order valence-electron chi connectivity index (χ0n) is 21.7. The van der Waals surface area contributed by atoms with E-state index in [9.17, 15) is 9.59 Å².